The van der Waals surface area contributed by atoms with E-state index in [0.29, 0.717) is 23.6 Å². The molecule has 4 rings (SSSR count). The lowest BCUT2D eigenvalue weighted by molar-refractivity contribution is -0.124. The molecule has 0 aromatic heterocycles. The molecule has 5 nitrogen and oxygen atoms in total. The third-order valence-corrected chi connectivity index (χ3v) is 4.52. The van der Waals surface area contributed by atoms with E-state index in [1.807, 2.05) is 36.4 Å². The Balaban J connectivity index is 1.47. The smallest absolute Gasteiger partial charge is 0.343 e. The number of amides is 1. The zero-order valence-electron chi connectivity index (χ0n) is 14.7. The van der Waals surface area contributed by atoms with Crippen LogP contribution < -0.4 is 10.1 Å². The van der Waals surface area contributed by atoms with Crippen molar-refractivity contribution in [3.63, 3.8) is 0 Å². The Kier molecular flexibility index (Phi) is 4.85. The fourth-order valence-electron chi connectivity index (χ4n) is 3.13. The van der Waals surface area contributed by atoms with E-state index in [0.717, 1.165) is 23.6 Å². The molecule has 3 aromatic carbocycles. The average molecular weight is 361 g/mol. The summed E-state index contributed by atoms with van der Waals surface area (Å²) in [7, 11) is 0. The normalized spacial score (nSPS) is 16.2. The van der Waals surface area contributed by atoms with Crippen LogP contribution in [0.2, 0.25) is 0 Å². The second-order valence-corrected chi connectivity index (χ2v) is 6.47. The van der Waals surface area contributed by atoms with E-state index < -0.39 is 12.1 Å². The second-order valence-electron chi connectivity index (χ2n) is 6.47. The maximum absolute atomic E-state index is 12.5. The van der Waals surface area contributed by atoms with E-state index in [2.05, 4.69) is 5.32 Å². The first kappa shape index (κ1) is 17.2. The van der Waals surface area contributed by atoms with Crippen molar-refractivity contribution < 1.29 is 19.1 Å². The standard InChI is InChI=1S/C22H19NO4/c24-21(20-9-4-12-26-20)23-18-8-3-7-17(13-18)22(25)27-19-11-10-15-5-1-2-6-16(15)14-19/h1-3,5-8,10-11,13-14,20H,4,9,12H2,(H,23,24)/t20-/m1/s1. The van der Waals surface area contributed by atoms with Crippen molar-refractivity contribution in [2.45, 2.75) is 18.9 Å². The van der Waals surface area contributed by atoms with E-state index in [-0.39, 0.29) is 5.91 Å². The summed E-state index contributed by atoms with van der Waals surface area (Å²) in [6.45, 7) is 0.607. The van der Waals surface area contributed by atoms with Gasteiger partial charge in [-0.25, -0.2) is 4.79 Å². The molecule has 0 spiro atoms. The molecule has 3 aromatic rings. The average Bonchev–Trinajstić information content (AvgIpc) is 3.23. The lowest BCUT2D eigenvalue weighted by Crippen LogP contribution is -2.26. The molecule has 1 aliphatic heterocycles. The van der Waals surface area contributed by atoms with Crippen LogP contribution in [0.25, 0.3) is 10.8 Å². The van der Waals surface area contributed by atoms with Crippen LogP contribution in [-0.4, -0.2) is 24.6 Å². The molecule has 136 valence electrons. The fourth-order valence-corrected chi connectivity index (χ4v) is 3.13. The Bertz CT molecular complexity index is 992. The lowest BCUT2D eigenvalue weighted by atomic mass is 10.1. The third kappa shape index (κ3) is 3.99. The maximum Gasteiger partial charge on any atom is 0.343 e. The predicted molar refractivity (Wildman–Crippen MR) is 103 cm³/mol. The van der Waals surface area contributed by atoms with Crippen molar-refractivity contribution in [2.75, 3.05) is 11.9 Å². The van der Waals surface area contributed by atoms with Gasteiger partial charge in [-0.3, -0.25) is 4.79 Å². The Morgan fingerprint density at radius 2 is 1.81 bits per heavy atom. The van der Waals surface area contributed by atoms with Crippen LogP contribution in [0.5, 0.6) is 5.75 Å². The van der Waals surface area contributed by atoms with Gasteiger partial charge in [-0.2, -0.15) is 0 Å². The number of carbonyl (C=O) groups is 2. The predicted octanol–water partition coefficient (Wildman–Crippen LogP) is 4.18. The summed E-state index contributed by atoms with van der Waals surface area (Å²) in [5.74, 6) is -0.182. The van der Waals surface area contributed by atoms with Gasteiger partial charge in [-0.15, -0.1) is 0 Å². The summed E-state index contributed by atoms with van der Waals surface area (Å²) in [4.78, 5) is 24.6. The SMILES string of the molecule is O=C(Oc1ccc2ccccc2c1)c1cccc(NC(=O)[C@H]2CCCO2)c1. The van der Waals surface area contributed by atoms with E-state index in [9.17, 15) is 9.59 Å². The molecule has 27 heavy (non-hydrogen) atoms. The first-order valence-corrected chi connectivity index (χ1v) is 8.92. The highest BCUT2D eigenvalue weighted by Gasteiger charge is 2.23. The summed E-state index contributed by atoms with van der Waals surface area (Å²) in [5, 5.41) is 4.88. The summed E-state index contributed by atoms with van der Waals surface area (Å²) in [6, 6.07) is 20.1. The molecule has 0 aliphatic carbocycles. The largest absolute Gasteiger partial charge is 0.423 e. The second kappa shape index (κ2) is 7.60. The number of anilines is 1. The molecule has 1 heterocycles. The van der Waals surface area contributed by atoms with E-state index >= 15 is 0 Å². The van der Waals surface area contributed by atoms with Crippen LogP contribution in [0.3, 0.4) is 0 Å². The van der Waals surface area contributed by atoms with Gasteiger partial charge in [-0.05, 0) is 53.9 Å². The van der Waals surface area contributed by atoms with Crippen LogP contribution in [-0.2, 0) is 9.53 Å². The zero-order chi connectivity index (χ0) is 18.6. The molecule has 1 N–H and O–H groups in total. The van der Waals surface area contributed by atoms with Crippen molar-refractivity contribution >= 4 is 28.3 Å². The number of fused-ring (bicyclic) bond motifs is 1. The lowest BCUT2D eigenvalue weighted by Gasteiger charge is -2.11. The molecule has 0 bridgehead atoms. The van der Waals surface area contributed by atoms with E-state index in [1.54, 1.807) is 30.3 Å². The van der Waals surface area contributed by atoms with Gasteiger partial charge in [0.05, 0.1) is 5.56 Å². The molecule has 1 amide bonds. The topological polar surface area (TPSA) is 64.6 Å². The highest BCUT2D eigenvalue weighted by Crippen LogP contribution is 2.22. The monoisotopic (exact) mass is 361 g/mol. The van der Waals surface area contributed by atoms with Gasteiger partial charge < -0.3 is 14.8 Å². The van der Waals surface area contributed by atoms with Gasteiger partial charge in [0.15, 0.2) is 0 Å². The third-order valence-electron chi connectivity index (χ3n) is 4.52. The van der Waals surface area contributed by atoms with Crippen LogP contribution in [0.1, 0.15) is 23.2 Å². The Hall–Kier alpha value is -3.18. The molecular weight excluding hydrogens is 342 g/mol. The number of esters is 1. The minimum atomic E-state index is -0.474. The molecule has 0 unspecified atom stereocenters. The Morgan fingerprint density at radius 3 is 2.63 bits per heavy atom. The summed E-state index contributed by atoms with van der Waals surface area (Å²) >= 11 is 0. The molecule has 1 atom stereocenters. The molecule has 0 saturated carbocycles. The molecular formula is C22H19NO4. The molecule has 1 saturated heterocycles. The van der Waals surface area contributed by atoms with Crippen LogP contribution in [0.15, 0.2) is 66.7 Å². The van der Waals surface area contributed by atoms with Crippen molar-refractivity contribution in [3.05, 3.63) is 72.3 Å². The molecule has 1 fully saturated rings. The van der Waals surface area contributed by atoms with Crippen LogP contribution in [0, 0.1) is 0 Å². The zero-order valence-corrected chi connectivity index (χ0v) is 14.7. The molecule has 0 radical (unpaired) electrons. The van der Waals surface area contributed by atoms with Gasteiger partial charge in [0, 0.05) is 12.3 Å². The number of hydrogen-bond donors (Lipinski definition) is 1. The number of nitrogens with one attached hydrogen (secondary N) is 1. The minimum Gasteiger partial charge on any atom is -0.423 e. The van der Waals surface area contributed by atoms with Crippen molar-refractivity contribution in [1.82, 2.24) is 0 Å². The Labute approximate surface area is 156 Å². The van der Waals surface area contributed by atoms with Crippen molar-refractivity contribution in [1.29, 1.82) is 0 Å². The van der Waals surface area contributed by atoms with Crippen LogP contribution >= 0.6 is 0 Å². The van der Waals surface area contributed by atoms with Gasteiger partial charge in [-0.1, -0.05) is 36.4 Å². The molecule has 5 heteroatoms. The summed E-state index contributed by atoms with van der Waals surface area (Å²) in [6.07, 6.45) is 1.18. The highest BCUT2D eigenvalue weighted by atomic mass is 16.5. The van der Waals surface area contributed by atoms with E-state index in [4.69, 9.17) is 9.47 Å². The Morgan fingerprint density at radius 1 is 0.963 bits per heavy atom. The van der Waals surface area contributed by atoms with E-state index in [1.165, 1.54) is 0 Å². The minimum absolute atomic E-state index is 0.187. The van der Waals surface area contributed by atoms with Gasteiger partial charge in [0.25, 0.3) is 5.91 Å². The van der Waals surface area contributed by atoms with Crippen molar-refractivity contribution in [2.24, 2.45) is 0 Å². The van der Waals surface area contributed by atoms with Crippen LogP contribution in [0.4, 0.5) is 5.69 Å². The highest BCUT2D eigenvalue weighted by molar-refractivity contribution is 5.97. The number of carbonyl (C=O) groups excluding carboxylic acids is 2. The number of benzene rings is 3. The maximum atomic E-state index is 12.5. The number of rotatable bonds is 4. The quantitative estimate of drug-likeness (QED) is 0.559. The first-order chi connectivity index (χ1) is 13.2. The van der Waals surface area contributed by atoms with Gasteiger partial charge in [0.1, 0.15) is 11.9 Å². The van der Waals surface area contributed by atoms with Crippen molar-refractivity contribution in [3.8, 4) is 5.75 Å². The molecule has 1 aliphatic rings. The van der Waals surface area contributed by atoms with Gasteiger partial charge in [0.2, 0.25) is 0 Å². The van der Waals surface area contributed by atoms with Gasteiger partial charge >= 0.3 is 5.97 Å². The summed E-state index contributed by atoms with van der Waals surface area (Å²) in [5.41, 5.74) is 0.914. The number of ether oxygens (including phenoxy) is 2. The number of hydrogen-bond acceptors (Lipinski definition) is 4. The fraction of sp³-hybridized carbons (Fsp3) is 0.182. The first-order valence-electron chi connectivity index (χ1n) is 8.92. The summed E-state index contributed by atoms with van der Waals surface area (Å²) < 4.78 is 10.9.